The van der Waals surface area contributed by atoms with E-state index >= 15 is 0 Å². The van der Waals surface area contributed by atoms with E-state index in [1.807, 2.05) is 0 Å². The predicted octanol–water partition coefficient (Wildman–Crippen LogP) is 19.9. The second-order valence-corrected chi connectivity index (χ2v) is 23.0. The van der Waals surface area contributed by atoms with Crippen molar-refractivity contribution < 1.29 is 0 Å². The van der Waals surface area contributed by atoms with Gasteiger partial charge in [0.15, 0.2) is 0 Å². The molecule has 2 aromatic heterocycles. The van der Waals surface area contributed by atoms with Crippen molar-refractivity contribution in [3.63, 3.8) is 0 Å². The van der Waals surface area contributed by atoms with Gasteiger partial charge in [0.05, 0.1) is 0 Å². The van der Waals surface area contributed by atoms with Crippen molar-refractivity contribution in [1.29, 1.82) is 0 Å². The first-order chi connectivity index (χ1) is 33.1. The molecule has 2 unspecified atom stereocenters. The van der Waals surface area contributed by atoms with Gasteiger partial charge in [-0.1, -0.05) is 241 Å². The molecule has 2 heteroatoms. The Morgan fingerprint density at radius 3 is 1.22 bits per heavy atom. The third-order valence-corrected chi connectivity index (χ3v) is 20.0. The van der Waals surface area contributed by atoms with Crippen LogP contribution in [0.1, 0.15) is 25.0 Å². The van der Waals surface area contributed by atoms with E-state index in [2.05, 4.69) is 244 Å². The third kappa shape index (κ3) is 5.56. The molecule has 0 amide bonds. The number of fused-ring (bicyclic) bond motifs is 11. The van der Waals surface area contributed by atoms with Crippen molar-refractivity contribution in [3.05, 3.63) is 242 Å². The van der Waals surface area contributed by atoms with Gasteiger partial charge in [-0.3, -0.25) is 0 Å². The molecule has 2 atom stereocenters. The van der Waals surface area contributed by atoms with Crippen molar-refractivity contribution >= 4 is 78.6 Å². The molecule has 0 radical (unpaired) electrons. The van der Waals surface area contributed by atoms with Gasteiger partial charge >= 0.3 is 0 Å². The predicted molar refractivity (Wildman–Crippen MR) is 293 cm³/mol. The fourth-order valence-corrected chi connectivity index (χ4v) is 17.4. The van der Waals surface area contributed by atoms with Crippen molar-refractivity contribution in [2.75, 3.05) is 0 Å². The molecule has 0 nitrogen and oxygen atoms in total. The van der Waals surface area contributed by atoms with Crippen LogP contribution in [-0.4, -0.2) is 0 Å². The van der Waals surface area contributed by atoms with Crippen molar-refractivity contribution in [2.45, 2.75) is 19.3 Å². The molecule has 67 heavy (non-hydrogen) atoms. The Morgan fingerprint density at radius 1 is 0.269 bits per heavy atom. The van der Waals surface area contributed by atoms with E-state index in [4.69, 9.17) is 0 Å². The standard InChI is InChI=1S/C65H44P2/c1-65(2)55-34-12-9-24-49(55)62-52(33-17-35-56(62)65)61-47-29-15-27-43(45-31-18-38-59-63(45)50-25-10-13-36-57(50)66(59)41-20-5-3-6-21-41)53(47)40-54-44(28-16-30-48(54)61)46-32-19-39-60-64(46)51-26-11-14-37-58(51)67(60)42-22-7-4-8-23-42/h3-40H,1-2H3. The summed E-state index contributed by atoms with van der Waals surface area (Å²) in [4.78, 5) is 0. The zero-order valence-corrected chi connectivity index (χ0v) is 39.1. The van der Waals surface area contributed by atoms with Gasteiger partial charge in [-0.2, -0.15) is 0 Å². The first-order valence-electron chi connectivity index (χ1n) is 23.4. The molecule has 0 saturated heterocycles. The lowest BCUT2D eigenvalue weighted by atomic mass is 9.80. The van der Waals surface area contributed by atoms with E-state index < -0.39 is 15.1 Å². The van der Waals surface area contributed by atoms with E-state index in [1.165, 1.54) is 130 Å². The summed E-state index contributed by atoms with van der Waals surface area (Å²) in [5.74, 6) is 0. The Bertz CT molecular complexity index is 3950. The highest BCUT2D eigenvalue weighted by atomic mass is 31.1. The minimum atomic E-state index is -0.708. The first kappa shape index (κ1) is 38.8. The van der Waals surface area contributed by atoms with Crippen LogP contribution in [0.5, 0.6) is 0 Å². The molecule has 14 rings (SSSR count). The average Bonchev–Trinajstić information content (AvgIpc) is 3.99. The largest absolute Gasteiger partial charge is 0.0772 e. The molecule has 13 aromatic rings. The molecule has 11 aromatic carbocycles. The second kappa shape index (κ2) is 14.8. The van der Waals surface area contributed by atoms with Gasteiger partial charge in [0.2, 0.25) is 0 Å². The Morgan fingerprint density at radius 2 is 0.657 bits per heavy atom. The summed E-state index contributed by atoms with van der Waals surface area (Å²) >= 11 is 0. The fourth-order valence-electron chi connectivity index (χ4n) is 12.1. The zero-order chi connectivity index (χ0) is 44.4. The molecule has 1 aliphatic carbocycles. The van der Waals surface area contributed by atoms with E-state index in [0.29, 0.717) is 0 Å². The van der Waals surface area contributed by atoms with Crippen molar-refractivity contribution in [1.82, 2.24) is 0 Å². The summed E-state index contributed by atoms with van der Waals surface area (Å²) in [6.07, 6.45) is 0. The highest BCUT2D eigenvalue weighted by Gasteiger charge is 2.37. The Kier molecular flexibility index (Phi) is 8.55. The number of rotatable bonds is 5. The van der Waals surface area contributed by atoms with Crippen LogP contribution in [0.15, 0.2) is 231 Å². The van der Waals surface area contributed by atoms with Gasteiger partial charge < -0.3 is 0 Å². The topological polar surface area (TPSA) is 0 Å². The fraction of sp³-hybridized carbons (Fsp3) is 0.0462. The smallest absolute Gasteiger partial charge is 0.0159 e. The molecule has 314 valence electrons. The van der Waals surface area contributed by atoms with Crippen LogP contribution >= 0.6 is 15.1 Å². The quantitative estimate of drug-likeness (QED) is 0.151. The van der Waals surface area contributed by atoms with Crippen LogP contribution in [0.4, 0.5) is 0 Å². The highest BCUT2D eigenvalue weighted by Crippen LogP contribution is 2.60. The average molecular weight is 887 g/mol. The second-order valence-electron chi connectivity index (χ2n) is 18.7. The third-order valence-electron chi connectivity index (χ3n) is 14.9. The van der Waals surface area contributed by atoms with Crippen LogP contribution < -0.4 is 0 Å². The minimum absolute atomic E-state index is 0.122. The lowest BCUT2D eigenvalue weighted by Gasteiger charge is -2.22. The Labute approximate surface area is 392 Å². The molecule has 1 aliphatic rings. The maximum Gasteiger partial charge on any atom is 0.0159 e. The number of benzene rings is 11. The van der Waals surface area contributed by atoms with Crippen LogP contribution in [-0.2, 0) is 5.41 Å². The van der Waals surface area contributed by atoms with Gasteiger partial charge in [0.1, 0.15) is 0 Å². The van der Waals surface area contributed by atoms with Crippen LogP contribution in [0, 0.1) is 0 Å². The minimum Gasteiger partial charge on any atom is -0.0772 e. The normalized spacial score (nSPS) is 13.6. The van der Waals surface area contributed by atoms with Crippen molar-refractivity contribution in [3.8, 4) is 55.1 Å². The van der Waals surface area contributed by atoms with Gasteiger partial charge in [-0.05, 0) is 117 Å². The van der Waals surface area contributed by atoms with E-state index in [0.717, 1.165) is 0 Å². The molecular weight excluding hydrogens is 843 g/mol. The molecule has 0 spiro atoms. The Balaban J connectivity index is 1.13. The molecule has 0 fully saturated rings. The zero-order valence-electron chi connectivity index (χ0n) is 37.3. The lowest BCUT2D eigenvalue weighted by Crippen LogP contribution is -2.14. The molecule has 0 N–H and O–H groups in total. The summed E-state index contributed by atoms with van der Waals surface area (Å²) in [6, 6.07) is 87.8. The van der Waals surface area contributed by atoms with Crippen molar-refractivity contribution in [2.24, 2.45) is 0 Å². The monoisotopic (exact) mass is 886 g/mol. The lowest BCUT2D eigenvalue weighted by molar-refractivity contribution is 0.660. The molecule has 0 saturated carbocycles. The van der Waals surface area contributed by atoms with E-state index in [1.54, 1.807) is 0 Å². The summed E-state index contributed by atoms with van der Waals surface area (Å²) < 4.78 is 0. The summed E-state index contributed by atoms with van der Waals surface area (Å²) in [6.45, 7) is 4.80. The molecule has 2 heterocycles. The van der Waals surface area contributed by atoms with Gasteiger partial charge in [0, 0.05) is 36.7 Å². The Hall–Kier alpha value is -7.46. The number of hydrogen-bond acceptors (Lipinski definition) is 0. The summed E-state index contributed by atoms with van der Waals surface area (Å²) in [5.41, 5.74) is 13.1. The highest BCUT2D eigenvalue weighted by molar-refractivity contribution is 7.68. The first-order valence-corrected chi connectivity index (χ1v) is 26.1. The summed E-state index contributed by atoms with van der Waals surface area (Å²) in [5, 5.41) is 19.1. The maximum atomic E-state index is 2.56. The van der Waals surface area contributed by atoms with Crippen LogP contribution in [0.25, 0.3) is 119 Å². The molecule has 0 aliphatic heterocycles. The van der Waals surface area contributed by atoms with Gasteiger partial charge in [-0.15, -0.1) is 0 Å². The molecule has 0 bridgehead atoms. The number of hydrogen-bond donors (Lipinski definition) is 0. The van der Waals surface area contributed by atoms with E-state index in [-0.39, 0.29) is 5.41 Å². The van der Waals surface area contributed by atoms with Gasteiger partial charge in [-0.25, -0.2) is 0 Å². The van der Waals surface area contributed by atoms with E-state index in [9.17, 15) is 0 Å². The maximum absolute atomic E-state index is 2.56. The van der Waals surface area contributed by atoms with Crippen LogP contribution in [0.3, 0.4) is 0 Å². The van der Waals surface area contributed by atoms with Gasteiger partial charge in [0.25, 0.3) is 0 Å². The molecular formula is C65H44P2. The summed E-state index contributed by atoms with van der Waals surface area (Å²) in [7, 11) is -1.42. The SMILES string of the molecule is CC1(C)c2ccccc2-c2c(-c3c4cccc(-c5cccc6c5c5ccccc5p6-c5ccccc5)c4cc4c(-c5cccc6c5c5ccccc5p6-c5ccccc5)cccc34)cccc21. The van der Waals surface area contributed by atoms with Crippen LogP contribution in [0.2, 0.25) is 0 Å².